The Morgan fingerprint density at radius 3 is 2.70 bits per heavy atom. The van der Waals surface area contributed by atoms with Crippen LogP contribution in [0.4, 0.5) is 0 Å². The first kappa shape index (κ1) is 16.8. The van der Waals surface area contributed by atoms with E-state index >= 15 is 0 Å². The third-order valence-electron chi connectivity index (χ3n) is 3.32. The van der Waals surface area contributed by atoms with Gasteiger partial charge in [-0.2, -0.15) is 0 Å². The van der Waals surface area contributed by atoms with Gasteiger partial charge in [-0.3, -0.25) is 4.99 Å². The van der Waals surface area contributed by atoms with Crippen LogP contribution in [0.1, 0.15) is 18.1 Å². The van der Waals surface area contributed by atoms with Gasteiger partial charge in [0.05, 0.1) is 6.61 Å². The van der Waals surface area contributed by atoms with Crippen LogP contribution in [0.2, 0.25) is 0 Å². The molecule has 5 nitrogen and oxygen atoms in total. The summed E-state index contributed by atoms with van der Waals surface area (Å²) >= 11 is 0. The number of guanidine groups is 1. The fourth-order valence-corrected chi connectivity index (χ4v) is 2.16. The molecule has 0 atom stereocenters. The van der Waals surface area contributed by atoms with Crippen molar-refractivity contribution < 1.29 is 4.74 Å². The Morgan fingerprint density at radius 2 is 1.96 bits per heavy atom. The van der Waals surface area contributed by atoms with Crippen molar-refractivity contribution in [2.45, 2.75) is 19.9 Å². The molecule has 0 aliphatic rings. The third-order valence-corrected chi connectivity index (χ3v) is 3.32. The zero-order valence-corrected chi connectivity index (χ0v) is 13.7. The summed E-state index contributed by atoms with van der Waals surface area (Å²) in [6, 6.07) is 14.3. The molecule has 0 amide bonds. The SMILES string of the molecule is CCOc1cc(CNC(=NC)NCCc2ccccc2)ccn1. The van der Waals surface area contributed by atoms with E-state index < -0.39 is 0 Å². The van der Waals surface area contributed by atoms with Crippen molar-refractivity contribution in [3.05, 3.63) is 59.8 Å². The zero-order chi connectivity index (χ0) is 16.3. The number of aliphatic imine (C=N–C) groups is 1. The van der Waals surface area contributed by atoms with E-state index in [1.54, 1.807) is 13.2 Å². The maximum absolute atomic E-state index is 5.41. The van der Waals surface area contributed by atoms with Gasteiger partial charge in [-0.25, -0.2) is 4.98 Å². The molecule has 1 aromatic carbocycles. The average molecular weight is 312 g/mol. The van der Waals surface area contributed by atoms with Crippen LogP contribution in [-0.4, -0.2) is 31.1 Å². The zero-order valence-electron chi connectivity index (χ0n) is 13.7. The molecule has 122 valence electrons. The van der Waals surface area contributed by atoms with Crippen LogP contribution in [-0.2, 0) is 13.0 Å². The van der Waals surface area contributed by atoms with Gasteiger partial charge < -0.3 is 15.4 Å². The van der Waals surface area contributed by atoms with E-state index in [0.717, 1.165) is 24.5 Å². The van der Waals surface area contributed by atoms with Crippen molar-refractivity contribution in [2.75, 3.05) is 20.2 Å². The summed E-state index contributed by atoms with van der Waals surface area (Å²) in [5.41, 5.74) is 2.42. The minimum atomic E-state index is 0.618. The lowest BCUT2D eigenvalue weighted by molar-refractivity contribution is 0.326. The van der Waals surface area contributed by atoms with Crippen LogP contribution in [0.5, 0.6) is 5.88 Å². The Balaban J connectivity index is 1.77. The number of ether oxygens (including phenoxy) is 1. The fourth-order valence-electron chi connectivity index (χ4n) is 2.16. The summed E-state index contributed by atoms with van der Waals surface area (Å²) in [5, 5.41) is 6.62. The predicted molar refractivity (Wildman–Crippen MR) is 93.8 cm³/mol. The molecular weight excluding hydrogens is 288 g/mol. The van der Waals surface area contributed by atoms with Gasteiger partial charge >= 0.3 is 0 Å². The number of nitrogens with zero attached hydrogens (tertiary/aromatic N) is 2. The molecule has 1 aromatic heterocycles. The molecule has 0 aliphatic carbocycles. The number of hydrogen-bond donors (Lipinski definition) is 2. The highest BCUT2D eigenvalue weighted by Crippen LogP contribution is 2.08. The largest absolute Gasteiger partial charge is 0.478 e. The van der Waals surface area contributed by atoms with E-state index in [4.69, 9.17) is 4.74 Å². The Labute approximate surface area is 137 Å². The van der Waals surface area contributed by atoms with E-state index in [2.05, 4.69) is 44.9 Å². The minimum Gasteiger partial charge on any atom is -0.478 e. The second kappa shape index (κ2) is 9.46. The van der Waals surface area contributed by atoms with Crippen molar-refractivity contribution in [2.24, 2.45) is 4.99 Å². The number of rotatable bonds is 7. The normalized spacial score (nSPS) is 11.1. The monoisotopic (exact) mass is 312 g/mol. The molecule has 0 saturated heterocycles. The Kier molecular flexibility index (Phi) is 6.91. The molecule has 2 rings (SSSR count). The number of nitrogens with one attached hydrogen (secondary N) is 2. The summed E-state index contributed by atoms with van der Waals surface area (Å²) < 4.78 is 5.41. The maximum atomic E-state index is 5.41. The van der Waals surface area contributed by atoms with Gasteiger partial charge in [0.2, 0.25) is 5.88 Å². The Hall–Kier alpha value is -2.56. The van der Waals surface area contributed by atoms with Gasteiger partial charge in [-0.1, -0.05) is 30.3 Å². The molecule has 0 bridgehead atoms. The van der Waals surface area contributed by atoms with Crippen LogP contribution in [0.25, 0.3) is 0 Å². The lowest BCUT2D eigenvalue weighted by Gasteiger charge is -2.12. The first-order valence-corrected chi connectivity index (χ1v) is 7.88. The highest BCUT2D eigenvalue weighted by Gasteiger charge is 2.01. The molecule has 2 aromatic rings. The standard InChI is InChI=1S/C18H24N4O/c1-3-23-17-13-16(10-11-20-17)14-22-18(19-2)21-12-9-15-7-5-4-6-8-15/h4-8,10-11,13H,3,9,12,14H2,1-2H3,(H2,19,21,22). The van der Waals surface area contributed by atoms with Gasteiger partial charge in [-0.05, 0) is 30.5 Å². The molecule has 0 saturated carbocycles. The summed E-state index contributed by atoms with van der Waals surface area (Å²) in [4.78, 5) is 8.40. The summed E-state index contributed by atoms with van der Waals surface area (Å²) in [5.74, 6) is 1.44. The van der Waals surface area contributed by atoms with Gasteiger partial charge in [-0.15, -0.1) is 0 Å². The predicted octanol–water partition coefficient (Wildman–Crippen LogP) is 2.39. The Bertz CT molecular complexity index is 613. The molecule has 1 heterocycles. The third kappa shape index (κ3) is 5.98. The smallest absolute Gasteiger partial charge is 0.213 e. The molecule has 0 aliphatic heterocycles. The lowest BCUT2D eigenvalue weighted by Crippen LogP contribution is -2.37. The molecule has 0 unspecified atom stereocenters. The van der Waals surface area contributed by atoms with Gasteiger partial charge in [0.15, 0.2) is 5.96 Å². The van der Waals surface area contributed by atoms with Gasteiger partial charge in [0, 0.05) is 32.4 Å². The summed E-state index contributed by atoms with van der Waals surface area (Å²) in [6.45, 7) is 4.08. The second-order valence-electron chi connectivity index (χ2n) is 5.02. The molecule has 5 heteroatoms. The van der Waals surface area contributed by atoms with Crippen LogP contribution >= 0.6 is 0 Å². The Morgan fingerprint density at radius 1 is 1.13 bits per heavy atom. The van der Waals surface area contributed by atoms with Crippen molar-refractivity contribution >= 4 is 5.96 Å². The number of pyridine rings is 1. The highest BCUT2D eigenvalue weighted by molar-refractivity contribution is 5.79. The van der Waals surface area contributed by atoms with Crippen LogP contribution in [0, 0.1) is 0 Å². The molecule has 2 N–H and O–H groups in total. The molecule has 0 spiro atoms. The highest BCUT2D eigenvalue weighted by atomic mass is 16.5. The van der Waals surface area contributed by atoms with E-state index in [1.807, 2.05) is 25.1 Å². The second-order valence-corrected chi connectivity index (χ2v) is 5.02. The summed E-state index contributed by atoms with van der Waals surface area (Å²) in [7, 11) is 1.77. The van der Waals surface area contributed by atoms with E-state index in [0.29, 0.717) is 19.0 Å². The number of benzene rings is 1. The van der Waals surface area contributed by atoms with Crippen molar-refractivity contribution in [1.82, 2.24) is 15.6 Å². The van der Waals surface area contributed by atoms with E-state index in [1.165, 1.54) is 5.56 Å². The van der Waals surface area contributed by atoms with Crippen LogP contribution in [0.15, 0.2) is 53.7 Å². The lowest BCUT2D eigenvalue weighted by atomic mass is 10.1. The maximum Gasteiger partial charge on any atom is 0.213 e. The van der Waals surface area contributed by atoms with Crippen molar-refractivity contribution in [3.63, 3.8) is 0 Å². The molecular formula is C18H24N4O. The molecule has 23 heavy (non-hydrogen) atoms. The number of hydrogen-bond acceptors (Lipinski definition) is 3. The fraction of sp³-hybridized carbons (Fsp3) is 0.333. The van der Waals surface area contributed by atoms with Crippen molar-refractivity contribution in [3.8, 4) is 5.88 Å². The molecule has 0 radical (unpaired) electrons. The van der Waals surface area contributed by atoms with Gasteiger partial charge in [0.1, 0.15) is 0 Å². The van der Waals surface area contributed by atoms with Crippen LogP contribution < -0.4 is 15.4 Å². The average Bonchev–Trinajstić information content (AvgIpc) is 2.59. The topological polar surface area (TPSA) is 58.5 Å². The van der Waals surface area contributed by atoms with Crippen LogP contribution in [0.3, 0.4) is 0 Å². The first-order valence-electron chi connectivity index (χ1n) is 7.88. The molecule has 0 fully saturated rings. The quantitative estimate of drug-likeness (QED) is 0.609. The van der Waals surface area contributed by atoms with E-state index in [9.17, 15) is 0 Å². The van der Waals surface area contributed by atoms with Crippen molar-refractivity contribution in [1.29, 1.82) is 0 Å². The van der Waals surface area contributed by atoms with Gasteiger partial charge in [0.25, 0.3) is 0 Å². The summed E-state index contributed by atoms with van der Waals surface area (Å²) in [6.07, 6.45) is 2.72. The van der Waals surface area contributed by atoms with E-state index in [-0.39, 0.29) is 0 Å². The first-order chi connectivity index (χ1) is 11.3. The number of aromatic nitrogens is 1. The minimum absolute atomic E-state index is 0.618.